The minimum Gasteiger partial charge on any atom is -0.294 e. The van der Waals surface area contributed by atoms with Crippen LogP contribution in [0.2, 0.25) is 0 Å². The predicted octanol–water partition coefficient (Wildman–Crippen LogP) is 5.68. The van der Waals surface area contributed by atoms with Crippen molar-refractivity contribution in [3.63, 3.8) is 0 Å². The fraction of sp³-hybridized carbons (Fsp3) is 0.0769. The molecule has 0 spiro atoms. The number of anilines is 1. The molecule has 1 fully saturated rings. The van der Waals surface area contributed by atoms with Crippen LogP contribution in [0.1, 0.15) is 11.1 Å². The van der Waals surface area contributed by atoms with E-state index < -0.39 is 0 Å². The number of amides is 1. The first-order chi connectivity index (χ1) is 15.7. The Bertz CT molecular complexity index is 1360. The van der Waals surface area contributed by atoms with Gasteiger partial charge in [-0.05, 0) is 54.1 Å². The highest BCUT2D eigenvalue weighted by Gasteiger charge is 2.42. The first-order valence-electron chi connectivity index (χ1n) is 10.4. The average molecular weight is 440 g/mol. The highest BCUT2D eigenvalue weighted by Crippen LogP contribution is 2.47. The van der Waals surface area contributed by atoms with Crippen molar-refractivity contribution in [2.24, 2.45) is 0 Å². The van der Waals surface area contributed by atoms with E-state index in [-0.39, 0.29) is 17.1 Å². The Kier molecular flexibility index (Phi) is 4.47. The second kappa shape index (κ2) is 7.50. The summed E-state index contributed by atoms with van der Waals surface area (Å²) in [5, 5.41) is 4.86. The van der Waals surface area contributed by atoms with E-state index in [1.807, 2.05) is 65.7 Å². The number of benzene rings is 3. The van der Waals surface area contributed by atoms with Gasteiger partial charge in [0.1, 0.15) is 5.82 Å². The van der Waals surface area contributed by atoms with Crippen molar-refractivity contribution >= 4 is 29.4 Å². The van der Waals surface area contributed by atoms with Crippen LogP contribution in [0.5, 0.6) is 0 Å². The van der Waals surface area contributed by atoms with Crippen LogP contribution < -0.4 is 4.90 Å². The summed E-state index contributed by atoms with van der Waals surface area (Å²) in [5.74, 6) is -0.278. The SMILES string of the molecule is O=C1/C(=C/c2cn(-c3ccccc3)nc2-c2ccc(F)cc2)SC2Cc3ccccc3N12. The Morgan fingerprint density at radius 2 is 1.72 bits per heavy atom. The highest BCUT2D eigenvalue weighted by molar-refractivity contribution is 8.05. The second-order valence-corrected chi connectivity index (χ2v) is 9.03. The molecule has 6 heteroatoms. The van der Waals surface area contributed by atoms with Gasteiger partial charge in [-0.3, -0.25) is 9.69 Å². The van der Waals surface area contributed by atoms with Gasteiger partial charge in [0.05, 0.1) is 21.7 Å². The lowest BCUT2D eigenvalue weighted by molar-refractivity contribution is -0.114. The Balaban J connectivity index is 1.43. The molecule has 4 aromatic rings. The minimum absolute atomic E-state index is 0.0162. The second-order valence-electron chi connectivity index (χ2n) is 7.81. The van der Waals surface area contributed by atoms with Gasteiger partial charge >= 0.3 is 0 Å². The number of para-hydroxylation sites is 2. The van der Waals surface area contributed by atoms with Crippen LogP contribution in [0, 0.1) is 5.82 Å². The zero-order valence-corrected chi connectivity index (χ0v) is 17.8. The van der Waals surface area contributed by atoms with Crippen molar-refractivity contribution in [3.8, 4) is 16.9 Å². The van der Waals surface area contributed by atoms with Gasteiger partial charge in [-0.2, -0.15) is 5.10 Å². The third-order valence-electron chi connectivity index (χ3n) is 5.79. The number of nitrogens with zero attached hydrogens (tertiary/aromatic N) is 3. The number of carbonyl (C=O) groups excluding carboxylic acids is 1. The maximum absolute atomic E-state index is 13.5. The topological polar surface area (TPSA) is 38.1 Å². The maximum atomic E-state index is 13.5. The van der Waals surface area contributed by atoms with E-state index in [9.17, 15) is 9.18 Å². The van der Waals surface area contributed by atoms with Crippen molar-refractivity contribution in [1.82, 2.24) is 9.78 Å². The number of rotatable bonds is 3. The fourth-order valence-electron chi connectivity index (χ4n) is 4.28. The van der Waals surface area contributed by atoms with Gasteiger partial charge < -0.3 is 0 Å². The molecule has 6 rings (SSSR count). The summed E-state index contributed by atoms with van der Waals surface area (Å²) < 4.78 is 15.3. The van der Waals surface area contributed by atoms with Gasteiger partial charge in [-0.25, -0.2) is 9.07 Å². The highest BCUT2D eigenvalue weighted by atomic mass is 32.2. The zero-order chi connectivity index (χ0) is 21.7. The molecule has 156 valence electrons. The Hall–Kier alpha value is -3.64. The Morgan fingerprint density at radius 3 is 2.53 bits per heavy atom. The molecular weight excluding hydrogens is 421 g/mol. The molecular formula is C26H18FN3OS. The quantitative estimate of drug-likeness (QED) is 0.386. The summed E-state index contributed by atoms with van der Waals surface area (Å²) in [7, 11) is 0. The van der Waals surface area contributed by atoms with Gasteiger partial charge in [-0.1, -0.05) is 48.2 Å². The maximum Gasteiger partial charge on any atom is 0.265 e. The molecule has 1 amide bonds. The van der Waals surface area contributed by atoms with Gasteiger partial charge in [0.15, 0.2) is 0 Å². The molecule has 4 nitrogen and oxygen atoms in total. The lowest BCUT2D eigenvalue weighted by atomic mass is 10.1. The fourth-order valence-corrected chi connectivity index (χ4v) is 5.54. The van der Waals surface area contributed by atoms with Crippen LogP contribution in [-0.4, -0.2) is 21.1 Å². The van der Waals surface area contributed by atoms with Crippen molar-refractivity contribution in [3.05, 3.63) is 107 Å². The smallest absolute Gasteiger partial charge is 0.265 e. The molecule has 1 atom stereocenters. The Morgan fingerprint density at radius 1 is 0.969 bits per heavy atom. The van der Waals surface area contributed by atoms with Crippen molar-refractivity contribution in [2.75, 3.05) is 4.90 Å². The number of halogens is 1. The summed E-state index contributed by atoms with van der Waals surface area (Å²) in [5.41, 5.74) is 5.46. The normalized spacial score (nSPS) is 18.3. The zero-order valence-electron chi connectivity index (χ0n) is 17.0. The molecule has 0 bridgehead atoms. The van der Waals surface area contributed by atoms with Crippen molar-refractivity contribution in [2.45, 2.75) is 11.8 Å². The van der Waals surface area contributed by atoms with E-state index in [2.05, 4.69) is 6.07 Å². The predicted molar refractivity (Wildman–Crippen MR) is 126 cm³/mol. The molecule has 3 heterocycles. The first-order valence-corrected chi connectivity index (χ1v) is 11.3. The van der Waals surface area contributed by atoms with E-state index >= 15 is 0 Å². The third-order valence-corrected chi connectivity index (χ3v) is 6.99. The molecule has 0 aliphatic carbocycles. The molecule has 2 aliphatic heterocycles. The number of aromatic nitrogens is 2. The first kappa shape index (κ1) is 19.1. The molecule has 1 unspecified atom stereocenters. The van der Waals surface area contributed by atoms with Crippen LogP contribution in [0.4, 0.5) is 10.1 Å². The minimum atomic E-state index is -0.294. The van der Waals surface area contributed by atoms with Crippen LogP contribution in [0.25, 0.3) is 23.0 Å². The van der Waals surface area contributed by atoms with Gasteiger partial charge in [0.25, 0.3) is 5.91 Å². The summed E-state index contributed by atoms with van der Waals surface area (Å²) in [6, 6.07) is 24.2. The van der Waals surface area contributed by atoms with Gasteiger partial charge in [0.2, 0.25) is 0 Å². The summed E-state index contributed by atoms with van der Waals surface area (Å²) in [6.45, 7) is 0. The van der Waals surface area contributed by atoms with Crippen LogP contribution in [0.3, 0.4) is 0 Å². The average Bonchev–Trinajstić information content (AvgIpc) is 3.48. The monoisotopic (exact) mass is 439 g/mol. The number of hydrogen-bond acceptors (Lipinski definition) is 3. The largest absolute Gasteiger partial charge is 0.294 e. The number of thioether (sulfide) groups is 1. The summed E-state index contributed by atoms with van der Waals surface area (Å²) in [6.07, 6.45) is 4.68. The van der Waals surface area contributed by atoms with Gasteiger partial charge in [-0.15, -0.1) is 0 Å². The summed E-state index contributed by atoms with van der Waals surface area (Å²) in [4.78, 5) is 15.9. The lowest BCUT2D eigenvalue weighted by Crippen LogP contribution is -2.28. The lowest BCUT2D eigenvalue weighted by Gasteiger charge is -2.14. The molecule has 0 radical (unpaired) electrons. The number of carbonyl (C=O) groups is 1. The molecule has 0 N–H and O–H groups in total. The standard InChI is InChI=1S/C26H18FN3OS/c27-20-12-10-17(11-13-20)25-19(16-29(28-25)21-7-2-1-3-8-21)14-23-26(31)30-22-9-5-4-6-18(22)15-24(30)32-23/h1-14,16,24H,15H2/b23-14-. The van der Waals surface area contributed by atoms with E-state index in [1.165, 1.54) is 17.7 Å². The Labute approximate surface area is 189 Å². The molecule has 2 aliphatic rings. The van der Waals surface area contributed by atoms with E-state index in [0.29, 0.717) is 10.6 Å². The van der Waals surface area contributed by atoms with Gasteiger partial charge in [0, 0.05) is 29.4 Å². The van der Waals surface area contributed by atoms with Crippen molar-refractivity contribution < 1.29 is 9.18 Å². The van der Waals surface area contributed by atoms with Crippen LogP contribution in [-0.2, 0) is 11.2 Å². The van der Waals surface area contributed by atoms with E-state index in [0.717, 1.165) is 28.9 Å². The molecule has 3 aromatic carbocycles. The molecule has 0 saturated carbocycles. The van der Waals surface area contributed by atoms with Crippen LogP contribution in [0.15, 0.2) is 90.0 Å². The number of hydrogen-bond donors (Lipinski definition) is 0. The number of fused-ring (bicyclic) bond motifs is 3. The van der Waals surface area contributed by atoms with Crippen LogP contribution >= 0.6 is 11.8 Å². The molecule has 32 heavy (non-hydrogen) atoms. The van der Waals surface area contributed by atoms with Crippen molar-refractivity contribution in [1.29, 1.82) is 0 Å². The molecule has 1 aromatic heterocycles. The molecule has 1 saturated heterocycles. The van der Waals surface area contributed by atoms with E-state index in [1.54, 1.807) is 28.6 Å². The third kappa shape index (κ3) is 3.15. The summed E-state index contributed by atoms with van der Waals surface area (Å²) >= 11 is 1.59. The van der Waals surface area contributed by atoms with E-state index in [4.69, 9.17) is 5.10 Å².